The largest absolute Gasteiger partial charge is 0.416 e. The average molecular weight is 352 g/mol. The highest BCUT2D eigenvalue weighted by Gasteiger charge is 2.44. The predicted octanol–water partition coefficient (Wildman–Crippen LogP) is 4.08. The van der Waals surface area contributed by atoms with E-state index in [1.807, 2.05) is 4.90 Å². The maximum Gasteiger partial charge on any atom is 0.416 e. The zero-order valence-corrected chi connectivity index (χ0v) is 14.1. The second kappa shape index (κ2) is 6.22. The molecule has 1 aromatic carbocycles. The van der Waals surface area contributed by atoms with Crippen LogP contribution in [-0.2, 0) is 11.0 Å². The number of anilines is 1. The third-order valence-corrected chi connectivity index (χ3v) is 5.97. The van der Waals surface area contributed by atoms with Crippen molar-refractivity contribution in [2.75, 3.05) is 18.0 Å². The van der Waals surface area contributed by atoms with Gasteiger partial charge in [-0.15, -0.1) is 0 Å². The number of rotatable bonds is 2. The number of piperidine rings is 1. The van der Waals surface area contributed by atoms with Crippen LogP contribution in [0.15, 0.2) is 24.3 Å². The smallest absolute Gasteiger partial charge is 0.365 e. The summed E-state index contributed by atoms with van der Waals surface area (Å²) in [6, 6.07) is 5.99. The molecule has 3 fully saturated rings. The molecule has 4 rings (SSSR count). The Balaban J connectivity index is 1.52. The maximum atomic E-state index is 13.0. The number of fused-ring (bicyclic) bond motifs is 2. The minimum atomic E-state index is -4.32. The predicted molar refractivity (Wildman–Crippen MR) is 89.3 cm³/mol. The number of carbonyl (C=O) groups is 1. The Morgan fingerprint density at radius 2 is 1.68 bits per heavy atom. The molecular formula is C19H23F3N2O. The molecule has 2 atom stereocenters. The quantitative estimate of drug-likeness (QED) is 0.801. The number of benzene rings is 1. The van der Waals surface area contributed by atoms with Gasteiger partial charge in [-0.3, -0.25) is 4.79 Å². The molecular weight excluding hydrogens is 329 g/mol. The van der Waals surface area contributed by atoms with Gasteiger partial charge in [0.15, 0.2) is 0 Å². The van der Waals surface area contributed by atoms with E-state index in [4.69, 9.17) is 0 Å². The average Bonchev–Trinajstić information content (AvgIpc) is 3.20. The van der Waals surface area contributed by atoms with Gasteiger partial charge in [0.25, 0.3) is 0 Å². The molecule has 0 N–H and O–H groups in total. The van der Waals surface area contributed by atoms with E-state index in [0.29, 0.717) is 5.69 Å². The van der Waals surface area contributed by atoms with Gasteiger partial charge in [-0.25, -0.2) is 0 Å². The molecule has 25 heavy (non-hydrogen) atoms. The first kappa shape index (κ1) is 16.7. The number of carbonyl (C=O) groups excluding carboxylic acids is 1. The summed E-state index contributed by atoms with van der Waals surface area (Å²) in [7, 11) is 0. The van der Waals surface area contributed by atoms with Crippen molar-refractivity contribution in [1.29, 1.82) is 0 Å². The van der Waals surface area contributed by atoms with Crippen LogP contribution in [0, 0.1) is 5.92 Å². The van der Waals surface area contributed by atoms with Gasteiger partial charge in [0.05, 0.1) is 5.56 Å². The van der Waals surface area contributed by atoms with Crippen LogP contribution >= 0.6 is 0 Å². The molecule has 0 aromatic heterocycles. The van der Waals surface area contributed by atoms with Crippen molar-refractivity contribution in [2.45, 2.75) is 56.8 Å². The van der Waals surface area contributed by atoms with E-state index < -0.39 is 11.7 Å². The summed E-state index contributed by atoms with van der Waals surface area (Å²) in [6.07, 6.45) is 1.31. The minimum Gasteiger partial charge on any atom is -0.365 e. The number of halogens is 3. The van der Waals surface area contributed by atoms with E-state index in [1.165, 1.54) is 12.1 Å². The number of likely N-dealkylation sites (tertiary alicyclic amines) is 1. The first-order valence-electron chi connectivity index (χ1n) is 9.18. The fraction of sp³-hybridized carbons (Fsp3) is 0.632. The first-order valence-corrected chi connectivity index (χ1v) is 9.18. The Hall–Kier alpha value is -1.72. The van der Waals surface area contributed by atoms with Crippen LogP contribution in [0.3, 0.4) is 0 Å². The summed E-state index contributed by atoms with van der Waals surface area (Å²) in [5, 5.41) is 0. The van der Waals surface area contributed by atoms with Crippen LogP contribution in [0.2, 0.25) is 0 Å². The highest BCUT2D eigenvalue weighted by atomic mass is 19.4. The summed E-state index contributed by atoms with van der Waals surface area (Å²) in [5.41, 5.74) is 0.0501. The van der Waals surface area contributed by atoms with Crippen LogP contribution in [-0.4, -0.2) is 36.0 Å². The molecule has 3 heterocycles. The lowest BCUT2D eigenvalue weighted by Gasteiger charge is -2.41. The fourth-order valence-corrected chi connectivity index (χ4v) is 4.84. The van der Waals surface area contributed by atoms with Crippen molar-refractivity contribution in [3.8, 4) is 0 Å². The molecule has 0 aliphatic carbocycles. The number of hydrogen-bond donors (Lipinski definition) is 0. The Morgan fingerprint density at radius 1 is 1.04 bits per heavy atom. The van der Waals surface area contributed by atoms with E-state index in [0.717, 1.165) is 57.7 Å². The highest BCUT2D eigenvalue weighted by Crippen LogP contribution is 2.43. The summed E-state index contributed by atoms with van der Waals surface area (Å²) in [6.45, 7) is 1.73. The summed E-state index contributed by atoms with van der Waals surface area (Å²) in [4.78, 5) is 16.8. The molecule has 1 aromatic rings. The topological polar surface area (TPSA) is 23.6 Å². The molecule has 3 aliphatic rings. The van der Waals surface area contributed by atoms with Gasteiger partial charge in [-0.2, -0.15) is 13.2 Å². The van der Waals surface area contributed by atoms with Gasteiger partial charge in [-0.05, 0) is 56.7 Å². The lowest BCUT2D eigenvalue weighted by Crippen LogP contribution is -2.47. The second-order valence-corrected chi connectivity index (χ2v) is 7.54. The van der Waals surface area contributed by atoms with E-state index in [-0.39, 0.29) is 23.9 Å². The monoisotopic (exact) mass is 352 g/mol. The van der Waals surface area contributed by atoms with E-state index in [1.54, 1.807) is 6.07 Å². The second-order valence-electron chi connectivity index (χ2n) is 7.54. The molecule has 136 valence electrons. The van der Waals surface area contributed by atoms with Crippen LogP contribution in [0.1, 0.15) is 44.1 Å². The van der Waals surface area contributed by atoms with Crippen molar-refractivity contribution in [3.05, 3.63) is 29.8 Å². The van der Waals surface area contributed by atoms with E-state index in [9.17, 15) is 18.0 Å². The van der Waals surface area contributed by atoms with Gasteiger partial charge in [0.1, 0.15) is 0 Å². The van der Waals surface area contributed by atoms with Crippen LogP contribution in [0.5, 0.6) is 0 Å². The van der Waals surface area contributed by atoms with Gasteiger partial charge in [0.2, 0.25) is 5.91 Å². The van der Waals surface area contributed by atoms with Crippen molar-refractivity contribution in [1.82, 2.24) is 4.90 Å². The third-order valence-electron chi connectivity index (χ3n) is 5.97. The van der Waals surface area contributed by atoms with Crippen molar-refractivity contribution in [3.63, 3.8) is 0 Å². The number of hydrogen-bond acceptors (Lipinski definition) is 2. The Morgan fingerprint density at radius 3 is 2.28 bits per heavy atom. The number of alkyl halides is 3. The Kier molecular flexibility index (Phi) is 4.16. The first-order chi connectivity index (χ1) is 11.9. The van der Waals surface area contributed by atoms with Crippen molar-refractivity contribution < 1.29 is 18.0 Å². The zero-order chi connectivity index (χ0) is 17.6. The Bertz CT molecular complexity index is 640. The number of nitrogens with zero attached hydrogens (tertiary/aromatic N) is 2. The molecule has 0 saturated carbocycles. The molecule has 1 amide bonds. The standard InChI is InChI=1S/C19H23F3N2O/c20-19(21,22)14-4-3-5-15(12-14)24-16-6-7-17(24)11-13(10-16)18(25)23-8-1-2-9-23/h3-5,12-13,16-17H,1-2,6-11H2. The summed E-state index contributed by atoms with van der Waals surface area (Å²) >= 11 is 0. The molecule has 0 radical (unpaired) electrons. The Labute approximate surface area is 145 Å². The SMILES string of the molecule is O=C(C1CC2CCC(C1)N2c1cccc(C(F)(F)F)c1)N1CCCC1. The maximum absolute atomic E-state index is 13.0. The van der Waals surface area contributed by atoms with Crippen LogP contribution < -0.4 is 4.90 Å². The molecule has 0 spiro atoms. The van der Waals surface area contributed by atoms with Crippen LogP contribution in [0.25, 0.3) is 0 Å². The van der Waals surface area contributed by atoms with Gasteiger partial charge < -0.3 is 9.80 Å². The van der Waals surface area contributed by atoms with Gasteiger partial charge in [0, 0.05) is 36.8 Å². The van der Waals surface area contributed by atoms with E-state index >= 15 is 0 Å². The van der Waals surface area contributed by atoms with Crippen LogP contribution in [0.4, 0.5) is 18.9 Å². The van der Waals surface area contributed by atoms with E-state index in [2.05, 4.69) is 4.90 Å². The highest BCUT2D eigenvalue weighted by molar-refractivity contribution is 5.79. The van der Waals surface area contributed by atoms with Gasteiger partial charge in [-0.1, -0.05) is 6.07 Å². The normalized spacial score (nSPS) is 29.3. The summed E-state index contributed by atoms with van der Waals surface area (Å²) < 4.78 is 39.1. The van der Waals surface area contributed by atoms with Gasteiger partial charge >= 0.3 is 6.18 Å². The molecule has 2 bridgehead atoms. The third kappa shape index (κ3) is 3.11. The lowest BCUT2D eigenvalue weighted by atomic mass is 9.89. The molecule has 3 nitrogen and oxygen atoms in total. The lowest BCUT2D eigenvalue weighted by molar-refractivity contribution is -0.137. The zero-order valence-electron chi connectivity index (χ0n) is 14.1. The fourth-order valence-electron chi connectivity index (χ4n) is 4.84. The van der Waals surface area contributed by atoms with Crippen molar-refractivity contribution in [2.24, 2.45) is 5.92 Å². The molecule has 2 unspecified atom stereocenters. The molecule has 3 aliphatic heterocycles. The minimum absolute atomic E-state index is 0.0395. The number of amides is 1. The van der Waals surface area contributed by atoms with Crippen molar-refractivity contribution >= 4 is 11.6 Å². The molecule has 6 heteroatoms. The molecule has 3 saturated heterocycles. The summed E-state index contributed by atoms with van der Waals surface area (Å²) in [5.74, 6) is 0.302.